The molecule has 0 atom stereocenters. The van der Waals surface area contributed by atoms with Crippen LogP contribution in [0.2, 0.25) is 0 Å². The van der Waals surface area contributed by atoms with Crippen LogP contribution in [0.1, 0.15) is 19.4 Å². The number of thioether (sulfide) groups is 1. The van der Waals surface area contributed by atoms with E-state index >= 15 is 0 Å². The first-order valence-electron chi connectivity index (χ1n) is 8.02. The molecule has 0 aliphatic rings. The first-order chi connectivity index (χ1) is 12.3. The van der Waals surface area contributed by atoms with Gasteiger partial charge in [-0.15, -0.1) is 0 Å². The maximum Gasteiger partial charge on any atom is 0.228 e. The Hall–Kier alpha value is -2.12. The summed E-state index contributed by atoms with van der Waals surface area (Å²) in [5.74, 6) is -0.233. The minimum atomic E-state index is -3.83. The highest BCUT2D eigenvalue weighted by Crippen LogP contribution is 2.36. The lowest BCUT2D eigenvalue weighted by atomic mass is 10.2. The average Bonchev–Trinajstić information content (AvgIpc) is 3.00. The average molecular weight is 391 g/mol. The van der Waals surface area contributed by atoms with Crippen LogP contribution in [0.4, 0.5) is 4.39 Å². The number of aromatic nitrogens is 1. The van der Waals surface area contributed by atoms with Crippen molar-refractivity contribution in [1.82, 2.24) is 4.98 Å². The van der Waals surface area contributed by atoms with Crippen molar-refractivity contribution in [2.75, 3.05) is 0 Å². The Kier molecular flexibility index (Phi) is 5.20. The van der Waals surface area contributed by atoms with E-state index in [1.807, 2.05) is 20.8 Å². The Balaban J connectivity index is 2.12. The van der Waals surface area contributed by atoms with Crippen LogP contribution in [0, 0.1) is 12.7 Å². The zero-order chi connectivity index (χ0) is 18.9. The van der Waals surface area contributed by atoms with Crippen molar-refractivity contribution in [2.45, 2.75) is 41.0 Å². The van der Waals surface area contributed by atoms with Gasteiger partial charge in [-0.05, 0) is 43.3 Å². The van der Waals surface area contributed by atoms with Crippen LogP contribution in [0.25, 0.3) is 11.5 Å². The van der Waals surface area contributed by atoms with E-state index in [2.05, 4.69) is 4.98 Å². The van der Waals surface area contributed by atoms with Crippen molar-refractivity contribution in [2.24, 2.45) is 0 Å². The van der Waals surface area contributed by atoms with Crippen molar-refractivity contribution >= 4 is 21.6 Å². The topological polar surface area (TPSA) is 60.2 Å². The Morgan fingerprint density at radius 3 is 2.23 bits per heavy atom. The fourth-order valence-electron chi connectivity index (χ4n) is 2.30. The number of sulfone groups is 1. The molecular formula is C19H18FNO3S2. The molecule has 0 unspecified atom stereocenters. The lowest BCUT2D eigenvalue weighted by Crippen LogP contribution is -2.04. The molecule has 2 aromatic carbocycles. The molecular weight excluding hydrogens is 373 g/mol. The van der Waals surface area contributed by atoms with Gasteiger partial charge < -0.3 is 4.42 Å². The minimum Gasteiger partial charge on any atom is -0.428 e. The highest BCUT2D eigenvalue weighted by atomic mass is 32.2. The smallest absolute Gasteiger partial charge is 0.228 e. The number of aryl methyl sites for hydroxylation is 1. The number of oxazole rings is 1. The number of hydrogen-bond acceptors (Lipinski definition) is 5. The molecule has 3 aromatic rings. The van der Waals surface area contributed by atoms with Gasteiger partial charge in [-0.1, -0.05) is 43.3 Å². The third-order valence-electron chi connectivity index (χ3n) is 3.59. The Morgan fingerprint density at radius 2 is 1.65 bits per heavy atom. The third kappa shape index (κ3) is 3.83. The molecule has 1 heterocycles. The van der Waals surface area contributed by atoms with E-state index in [4.69, 9.17) is 4.42 Å². The van der Waals surface area contributed by atoms with Crippen LogP contribution < -0.4 is 0 Å². The van der Waals surface area contributed by atoms with Crippen molar-refractivity contribution < 1.29 is 17.2 Å². The molecule has 0 amide bonds. The molecule has 4 nitrogen and oxygen atoms in total. The van der Waals surface area contributed by atoms with Gasteiger partial charge in [-0.3, -0.25) is 0 Å². The predicted molar refractivity (Wildman–Crippen MR) is 99.5 cm³/mol. The Labute approximate surface area is 156 Å². The van der Waals surface area contributed by atoms with Crippen LogP contribution >= 0.6 is 11.8 Å². The summed E-state index contributed by atoms with van der Waals surface area (Å²) in [5.41, 5.74) is 1.48. The van der Waals surface area contributed by atoms with E-state index in [-0.39, 0.29) is 32.0 Å². The quantitative estimate of drug-likeness (QED) is 0.565. The predicted octanol–water partition coefficient (Wildman–Crippen LogP) is 5.12. The van der Waals surface area contributed by atoms with Gasteiger partial charge in [0.1, 0.15) is 5.82 Å². The molecule has 0 bridgehead atoms. The first-order valence-corrected chi connectivity index (χ1v) is 10.4. The third-order valence-corrected chi connectivity index (χ3v) is 6.36. The van der Waals surface area contributed by atoms with Crippen molar-refractivity contribution in [3.05, 3.63) is 59.9 Å². The van der Waals surface area contributed by atoms with Crippen LogP contribution in [0.5, 0.6) is 0 Å². The van der Waals surface area contributed by atoms with Gasteiger partial charge in [0, 0.05) is 10.8 Å². The highest BCUT2D eigenvalue weighted by Gasteiger charge is 2.29. The van der Waals surface area contributed by atoms with Crippen LogP contribution in [0.3, 0.4) is 0 Å². The van der Waals surface area contributed by atoms with E-state index in [1.54, 1.807) is 24.3 Å². The SMILES string of the molecule is Cc1ccc(S(=O)(=O)c2nc(-c3ccc(F)cc3)oc2SC(C)C)cc1. The van der Waals surface area contributed by atoms with Crippen LogP contribution in [-0.4, -0.2) is 18.7 Å². The summed E-state index contributed by atoms with van der Waals surface area (Å²) < 4.78 is 45.0. The molecule has 0 aliphatic carbocycles. The van der Waals surface area contributed by atoms with Gasteiger partial charge in [0.25, 0.3) is 0 Å². The van der Waals surface area contributed by atoms with E-state index in [0.29, 0.717) is 5.56 Å². The normalized spacial score (nSPS) is 11.9. The molecule has 0 saturated heterocycles. The van der Waals surface area contributed by atoms with E-state index in [9.17, 15) is 12.8 Å². The molecule has 0 aliphatic heterocycles. The van der Waals surface area contributed by atoms with Crippen LogP contribution in [-0.2, 0) is 9.84 Å². The van der Waals surface area contributed by atoms with E-state index in [0.717, 1.165) is 5.56 Å². The van der Waals surface area contributed by atoms with Gasteiger partial charge in [0.05, 0.1) is 4.90 Å². The van der Waals surface area contributed by atoms with Gasteiger partial charge in [-0.2, -0.15) is 4.98 Å². The second-order valence-corrected chi connectivity index (χ2v) is 9.52. The standard InChI is InChI=1S/C19H18FNO3S2/c1-12(2)25-19-18(26(22,23)16-10-4-13(3)5-11-16)21-17(24-19)14-6-8-15(20)9-7-14/h4-12H,1-3H3. The zero-order valence-corrected chi connectivity index (χ0v) is 16.2. The number of hydrogen-bond donors (Lipinski definition) is 0. The molecule has 26 heavy (non-hydrogen) atoms. The lowest BCUT2D eigenvalue weighted by Gasteiger charge is -2.05. The summed E-state index contributed by atoms with van der Waals surface area (Å²) in [6.07, 6.45) is 0. The number of benzene rings is 2. The minimum absolute atomic E-state index is 0.107. The summed E-state index contributed by atoms with van der Waals surface area (Å²) in [6, 6.07) is 12.2. The summed E-state index contributed by atoms with van der Waals surface area (Å²) in [4.78, 5) is 4.40. The Morgan fingerprint density at radius 1 is 1.04 bits per heavy atom. The molecule has 0 spiro atoms. The number of nitrogens with zero attached hydrogens (tertiary/aromatic N) is 1. The molecule has 0 saturated carbocycles. The fraction of sp³-hybridized carbons (Fsp3) is 0.211. The number of halogens is 1. The second kappa shape index (κ2) is 7.25. The maximum absolute atomic E-state index is 13.2. The lowest BCUT2D eigenvalue weighted by molar-refractivity contribution is 0.469. The summed E-state index contributed by atoms with van der Waals surface area (Å²) in [7, 11) is -3.83. The molecule has 0 radical (unpaired) electrons. The molecule has 0 N–H and O–H groups in total. The van der Waals surface area contributed by atoms with Gasteiger partial charge in [0.2, 0.25) is 25.8 Å². The van der Waals surface area contributed by atoms with Crippen molar-refractivity contribution in [3.63, 3.8) is 0 Å². The highest BCUT2D eigenvalue weighted by molar-refractivity contribution is 8.00. The monoisotopic (exact) mass is 391 g/mol. The number of rotatable bonds is 5. The van der Waals surface area contributed by atoms with Crippen LogP contribution in [0.15, 0.2) is 68.0 Å². The zero-order valence-electron chi connectivity index (χ0n) is 14.6. The van der Waals surface area contributed by atoms with Gasteiger partial charge >= 0.3 is 0 Å². The van der Waals surface area contributed by atoms with Crippen molar-refractivity contribution in [3.8, 4) is 11.5 Å². The fourth-order valence-corrected chi connectivity index (χ4v) is 4.65. The summed E-state index contributed by atoms with van der Waals surface area (Å²) >= 11 is 1.29. The summed E-state index contributed by atoms with van der Waals surface area (Å²) in [6.45, 7) is 5.76. The molecule has 3 rings (SSSR count). The van der Waals surface area contributed by atoms with E-state index < -0.39 is 9.84 Å². The first kappa shape index (κ1) is 18.7. The molecule has 0 fully saturated rings. The van der Waals surface area contributed by atoms with E-state index in [1.165, 1.54) is 36.0 Å². The molecule has 136 valence electrons. The maximum atomic E-state index is 13.2. The molecule has 7 heteroatoms. The Bertz CT molecular complexity index is 1010. The van der Waals surface area contributed by atoms with Gasteiger partial charge in [-0.25, -0.2) is 12.8 Å². The molecule has 1 aromatic heterocycles. The van der Waals surface area contributed by atoms with Crippen molar-refractivity contribution in [1.29, 1.82) is 0 Å². The van der Waals surface area contributed by atoms with Gasteiger partial charge in [0.15, 0.2) is 0 Å². The summed E-state index contributed by atoms with van der Waals surface area (Å²) in [5, 5.41) is 0.232. The second-order valence-electron chi connectivity index (χ2n) is 6.10. The largest absolute Gasteiger partial charge is 0.428 e.